The van der Waals surface area contributed by atoms with Gasteiger partial charge in [0.1, 0.15) is 0 Å². The number of nitrogens with one attached hydrogen (secondary N) is 5. The first-order valence-corrected chi connectivity index (χ1v) is 16.4. The molecule has 1 saturated carbocycles. The molecular formula is C26H46IN6O2-. The van der Waals surface area contributed by atoms with Gasteiger partial charge in [-0.25, -0.2) is 0 Å². The summed E-state index contributed by atoms with van der Waals surface area (Å²) in [6.07, 6.45) is 14.0. The van der Waals surface area contributed by atoms with Gasteiger partial charge in [0.15, 0.2) is 0 Å². The maximum atomic E-state index is 12.4. The van der Waals surface area contributed by atoms with E-state index in [-0.39, 0.29) is 39.3 Å². The zero-order chi connectivity index (χ0) is 24.5. The van der Waals surface area contributed by atoms with E-state index in [1.807, 2.05) is 0 Å². The van der Waals surface area contributed by atoms with Crippen molar-refractivity contribution in [2.45, 2.75) is 80.6 Å². The molecule has 0 bridgehead atoms. The SMILES string of the molecule is CC[I-]C1C=C(CCC2=CN[C@H](NC3CCC(N4CCNCC4)CC3)NC2)C[C@@H](C(=O)NOC)C1. The number of nitrogens with zero attached hydrogens (tertiary/aromatic N) is 1. The van der Waals surface area contributed by atoms with E-state index in [9.17, 15) is 4.79 Å². The van der Waals surface area contributed by atoms with Crippen LogP contribution in [0.3, 0.4) is 0 Å². The van der Waals surface area contributed by atoms with Crippen molar-refractivity contribution < 1.29 is 30.8 Å². The van der Waals surface area contributed by atoms with Crippen LogP contribution in [0.25, 0.3) is 0 Å². The first-order chi connectivity index (χ1) is 17.1. The fourth-order valence-electron chi connectivity index (χ4n) is 5.96. The molecule has 1 amide bonds. The second-order valence-corrected chi connectivity index (χ2v) is 14.3. The van der Waals surface area contributed by atoms with Gasteiger partial charge in [-0.3, -0.25) is 4.90 Å². The number of halogens is 1. The molecule has 0 radical (unpaired) electrons. The Morgan fingerprint density at radius 2 is 1.94 bits per heavy atom. The van der Waals surface area contributed by atoms with Crippen molar-refractivity contribution in [3.05, 3.63) is 23.4 Å². The van der Waals surface area contributed by atoms with E-state index in [4.69, 9.17) is 4.84 Å². The van der Waals surface area contributed by atoms with Crippen molar-refractivity contribution >= 4 is 5.91 Å². The Bertz CT molecular complexity index is 733. The summed E-state index contributed by atoms with van der Waals surface area (Å²) in [5.74, 6) is 0.0948. The molecule has 0 aromatic carbocycles. The molecule has 200 valence electrons. The van der Waals surface area contributed by atoms with Crippen LogP contribution < -0.4 is 48.0 Å². The molecule has 4 aliphatic rings. The number of rotatable bonds is 10. The number of hydroxylamine groups is 1. The van der Waals surface area contributed by atoms with Gasteiger partial charge in [-0.1, -0.05) is 0 Å². The Morgan fingerprint density at radius 3 is 2.63 bits per heavy atom. The molecular weight excluding hydrogens is 555 g/mol. The number of piperazine rings is 1. The molecule has 0 spiro atoms. The molecule has 0 aromatic rings. The van der Waals surface area contributed by atoms with E-state index in [0.29, 0.717) is 9.97 Å². The normalized spacial score (nSPS) is 32.5. The van der Waals surface area contributed by atoms with Crippen LogP contribution in [-0.2, 0) is 9.63 Å². The van der Waals surface area contributed by atoms with Gasteiger partial charge in [-0.2, -0.15) is 0 Å². The topological polar surface area (TPSA) is 89.7 Å². The number of carbonyl (C=O) groups excluding carboxylic acids is 1. The van der Waals surface area contributed by atoms with E-state index < -0.39 is 0 Å². The summed E-state index contributed by atoms with van der Waals surface area (Å²) in [5, 5.41) is 14.5. The van der Waals surface area contributed by atoms with Crippen LogP contribution in [-0.4, -0.2) is 77.4 Å². The second-order valence-electron chi connectivity index (χ2n) is 10.3. The van der Waals surface area contributed by atoms with E-state index >= 15 is 0 Å². The fraction of sp³-hybridized carbons (Fsp3) is 0.808. The van der Waals surface area contributed by atoms with Crippen molar-refractivity contribution in [1.82, 2.24) is 31.6 Å². The molecule has 2 aliphatic heterocycles. The summed E-state index contributed by atoms with van der Waals surface area (Å²) < 4.78 is 1.87. The summed E-state index contributed by atoms with van der Waals surface area (Å²) in [5.41, 5.74) is 5.43. The van der Waals surface area contributed by atoms with Crippen LogP contribution in [0.1, 0.15) is 58.3 Å². The van der Waals surface area contributed by atoms with E-state index in [1.165, 1.54) is 61.5 Å². The molecule has 2 fully saturated rings. The molecule has 5 N–H and O–H groups in total. The maximum absolute atomic E-state index is 12.4. The summed E-state index contributed by atoms with van der Waals surface area (Å²) in [6.45, 7) is 7.90. The van der Waals surface area contributed by atoms with Gasteiger partial charge in [-0.15, -0.1) is 0 Å². The Morgan fingerprint density at radius 1 is 1.17 bits per heavy atom. The molecule has 4 rings (SSSR count). The summed E-state index contributed by atoms with van der Waals surface area (Å²) in [4.78, 5) is 20.0. The third kappa shape index (κ3) is 8.39. The van der Waals surface area contributed by atoms with E-state index in [2.05, 4.69) is 50.8 Å². The molecule has 8 nitrogen and oxygen atoms in total. The quantitative estimate of drug-likeness (QED) is 0.0895. The van der Waals surface area contributed by atoms with Crippen LogP contribution in [0.2, 0.25) is 0 Å². The third-order valence-corrected chi connectivity index (χ3v) is 10.8. The van der Waals surface area contributed by atoms with Gasteiger partial charge in [0, 0.05) is 32.2 Å². The van der Waals surface area contributed by atoms with Gasteiger partial charge in [0.2, 0.25) is 0 Å². The molecule has 2 aliphatic carbocycles. The van der Waals surface area contributed by atoms with Gasteiger partial charge < -0.3 is 5.32 Å². The molecule has 9 heteroatoms. The summed E-state index contributed by atoms with van der Waals surface area (Å²) >= 11 is 0.117. The zero-order valence-electron chi connectivity index (χ0n) is 21.6. The van der Waals surface area contributed by atoms with Crippen LogP contribution >= 0.6 is 0 Å². The number of hydrogen-bond acceptors (Lipinski definition) is 7. The summed E-state index contributed by atoms with van der Waals surface area (Å²) in [6, 6.07) is 1.37. The zero-order valence-corrected chi connectivity index (χ0v) is 23.7. The van der Waals surface area contributed by atoms with Crippen molar-refractivity contribution in [1.29, 1.82) is 0 Å². The van der Waals surface area contributed by atoms with Crippen LogP contribution in [0.4, 0.5) is 0 Å². The van der Waals surface area contributed by atoms with E-state index in [1.54, 1.807) is 0 Å². The molecule has 3 atom stereocenters. The van der Waals surface area contributed by atoms with Crippen molar-refractivity contribution in [3.63, 3.8) is 0 Å². The number of hydrogen-bond donors (Lipinski definition) is 5. The van der Waals surface area contributed by atoms with Crippen molar-refractivity contribution in [3.8, 4) is 0 Å². The number of alkyl halides is 2. The average Bonchev–Trinajstić information content (AvgIpc) is 2.89. The van der Waals surface area contributed by atoms with Gasteiger partial charge in [0.05, 0.1) is 0 Å². The minimum absolute atomic E-state index is 0.0410. The Balaban J connectivity index is 1.18. The van der Waals surface area contributed by atoms with Gasteiger partial charge >= 0.3 is 167 Å². The number of amides is 1. The monoisotopic (exact) mass is 601 g/mol. The van der Waals surface area contributed by atoms with Gasteiger partial charge in [-0.05, 0) is 12.8 Å². The Kier molecular flexibility index (Phi) is 11.1. The Labute approximate surface area is 222 Å². The molecule has 1 saturated heterocycles. The predicted octanol–water partition coefficient (Wildman–Crippen LogP) is -1.58. The molecule has 35 heavy (non-hydrogen) atoms. The third-order valence-electron chi connectivity index (χ3n) is 7.88. The molecule has 2 heterocycles. The predicted molar refractivity (Wildman–Crippen MR) is 136 cm³/mol. The first-order valence-electron chi connectivity index (χ1n) is 13.6. The molecule has 0 aromatic heterocycles. The Hall–Kier alpha value is -0.720. The van der Waals surface area contributed by atoms with E-state index in [0.717, 1.165) is 51.4 Å². The standard InChI is InChI=1S/C26H46IN6O2/c1-3-27-22-15-19(14-21(16-22)25(34)32-35-2)4-5-20-17-29-26(30-18-20)31-23-6-8-24(9-7-23)33-12-10-28-11-13-33/h15,17,21-24,26,28-31H,3-14,16,18H2,1-2H3,(H,32,34)/q-1/t21-,22?,23?,24?,26+/m1/s1. The molecule has 1 unspecified atom stereocenters. The number of carbonyl (C=O) groups is 1. The van der Waals surface area contributed by atoms with Crippen LogP contribution in [0.15, 0.2) is 23.4 Å². The summed E-state index contributed by atoms with van der Waals surface area (Å²) in [7, 11) is 1.52. The minimum atomic E-state index is 0.0410. The van der Waals surface area contributed by atoms with Crippen molar-refractivity contribution in [2.24, 2.45) is 5.92 Å². The van der Waals surface area contributed by atoms with Gasteiger partial charge in [0.25, 0.3) is 0 Å². The second kappa shape index (κ2) is 14.3. The first kappa shape index (κ1) is 27.3. The van der Waals surface area contributed by atoms with Crippen molar-refractivity contribution in [2.75, 3.05) is 44.3 Å². The number of allylic oxidation sites excluding steroid dienone is 2. The average molecular weight is 602 g/mol. The van der Waals surface area contributed by atoms with Crippen LogP contribution in [0, 0.1) is 5.92 Å². The fourth-order valence-corrected chi connectivity index (χ4v) is 8.83. The van der Waals surface area contributed by atoms with Crippen LogP contribution in [0.5, 0.6) is 0 Å².